The number of carbonyl (C=O) groups excluding carboxylic acids is 1. The standard InChI is InChI=1S/C19H24N4O3/c1-2-9-23-18(24)8-7-17(21-23)19(25)20-16-5-3-15(4-6-16)14-22-10-12-26-13-11-22/h3-8H,2,9-14H2,1H3,(H,20,25). The van der Waals surface area contributed by atoms with Crippen LogP contribution in [0.1, 0.15) is 29.4 Å². The fraction of sp³-hybridized carbons (Fsp3) is 0.421. The van der Waals surface area contributed by atoms with Crippen LogP contribution >= 0.6 is 0 Å². The van der Waals surface area contributed by atoms with Crippen LogP contribution in [-0.2, 0) is 17.8 Å². The molecule has 1 aliphatic rings. The van der Waals surface area contributed by atoms with Gasteiger partial charge >= 0.3 is 0 Å². The minimum Gasteiger partial charge on any atom is -0.379 e. The van der Waals surface area contributed by atoms with E-state index in [-0.39, 0.29) is 17.2 Å². The summed E-state index contributed by atoms with van der Waals surface area (Å²) < 4.78 is 6.68. The van der Waals surface area contributed by atoms with Gasteiger partial charge in [-0.15, -0.1) is 0 Å². The van der Waals surface area contributed by atoms with E-state index in [4.69, 9.17) is 4.74 Å². The number of nitrogens with one attached hydrogen (secondary N) is 1. The molecule has 0 radical (unpaired) electrons. The van der Waals surface area contributed by atoms with Crippen LogP contribution in [0.4, 0.5) is 5.69 Å². The average molecular weight is 356 g/mol. The van der Waals surface area contributed by atoms with Gasteiger partial charge in [-0.05, 0) is 30.2 Å². The summed E-state index contributed by atoms with van der Waals surface area (Å²) in [5, 5.41) is 6.95. The molecule has 26 heavy (non-hydrogen) atoms. The van der Waals surface area contributed by atoms with E-state index in [0.717, 1.165) is 39.3 Å². The lowest BCUT2D eigenvalue weighted by molar-refractivity contribution is 0.0342. The lowest BCUT2D eigenvalue weighted by Crippen LogP contribution is -2.35. The van der Waals surface area contributed by atoms with E-state index in [2.05, 4.69) is 15.3 Å². The summed E-state index contributed by atoms with van der Waals surface area (Å²) in [4.78, 5) is 26.4. The summed E-state index contributed by atoms with van der Waals surface area (Å²) >= 11 is 0. The second kappa shape index (κ2) is 8.73. The monoisotopic (exact) mass is 356 g/mol. The Kier molecular flexibility index (Phi) is 6.14. The van der Waals surface area contributed by atoms with E-state index in [1.165, 1.54) is 22.4 Å². The van der Waals surface area contributed by atoms with Crippen molar-refractivity contribution in [3.63, 3.8) is 0 Å². The van der Waals surface area contributed by atoms with Crippen LogP contribution in [0, 0.1) is 0 Å². The first-order valence-corrected chi connectivity index (χ1v) is 8.94. The summed E-state index contributed by atoms with van der Waals surface area (Å²) in [5.74, 6) is -0.323. The van der Waals surface area contributed by atoms with Crippen molar-refractivity contribution in [2.45, 2.75) is 26.4 Å². The van der Waals surface area contributed by atoms with E-state index in [1.54, 1.807) is 0 Å². The molecule has 1 amide bonds. The van der Waals surface area contributed by atoms with Crippen molar-refractivity contribution in [1.82, 2.24) is 14.7 Å². The Labute approximate surface area is 152 Å². The minimum atomic E-state index is -0.323. The Balaban J connectivity index is 1.62. The predicted molar refractivity (Wildman–Crippen MR) is 99.3 cm³/mol. The molecule has 7 nitrogen and oxygen atoms in total. The number of hydrogen-bond donors (Lipinski definition) is 1. The zero-order chi connectivity index (χ0) is 18.4. The largest absolute Gasteiger partial charge is 0.379 e. The molecule has 0 unspecified atom stereocenters. The van der Waals surface area contributed by atoms with Crippen LogP contribution in [-0.4, -0.2) is 46.9 Å². The van der Waals surface area contributed by atoms with Crippen molar-refractivity contribution < 1.29 is 9.53 Å². The number of benzene rings is 1. The molecule has 1 aliphatic heterocycles. The molecule has 7 heteroatoms. The number of hydrogen-bond acceptors (Lipinski definition) is 5. The van der Waals surface area contributed by atoms with Gasteiger partial charge in [-0.1, -0.05) is 19.1 Å². The molecule has 0 bridgehead atoms. The smallest absolute Gasteiger partial charge is 0.276 e. The van der Waals surface area contributed by atoms with Gasteiger partial charge in [-0.2, -0.15) is 5.10 Å². The van der Waals surface area contributed by atoms with E-state index in [1.807, 2.05) is 31.2 Å². The lowest BCUT2D eigenvalue weighted by atomic mass is 10.2. The molecular weight excluding hydrogens is 332 g/mol. The zero-order valence-corrected chi connectivity index (χ0v) is 15.0. The predicted octanol–water partition coefficient (Wildman–Crippen LogP) is 1.74. The first-order valence-electron chi connectivity index (χ1n) is 8.94. The highest BCUT2D eigenvalue weighted by Crippen LogP contribution is 2.13. The maximum atomic E-state index is 12.4. The third-order valence-corrected chi connectivity index (χ3v) is 4.26. The van der Waals surface area contributed by atoms with Crippen molar-refractivity contribution in [1.29, 1.82) is 0 Å². The van der Waals surface area contributed by atoms with Gasteiger partial charge in [0.2, 0.25) is 0 Å². The Hall–Kier alpha value is -2.51. The van der Waals surface area contributed by atoms with Crippen molar-refractivity contribution in [2.75, 3.05) is 31.6 Å². The van der Waals surface area contributed by atoms with Crippen LogP contribution in [0.5, 0.6) is 0 Å². The van der Waals surface area contributed by atoms with Gasteiger partial charge in [0, 0.05) is 37.9 Å². The van der Waals surface area contributed by atoms with Crippen LogP contribution in [0.15, 0.2) is 41.2 Å². The second-order valence-electron chi connectivity index (χ2n) is 6.32. The molecule has 0 saturated carbocycles. The van der Waals surface area contributed by atoms with Gasteiger partial charge < -0.3 is 10.1 Å². The molecule has 0 aliphatic carbocycles. The summed E-state index contributed by atoms with van der Waals surface area (Å²) in [7, 11) is 0. The van der Waals surface area contributed by atoms with Crippen molar-refractivity contribution in [3.05, 3.63) is 58.0 Å². The highest BCUT2D eigenvalue weighted by molar-refractivity contribution is 6.02. The molecule has 1 saturated heterocycles. The maximum absolute atomic E-state index is 12.4. The van der Waals surface area contributed by atoms with Gasteiger partial charge in [0.25, 0.3) is 11.5 Å². The third kappa shape index (κ3) is 4.77. The average Bonchev–Trinajstić information content (AvgIpc) is 2.66. The number of aromatic nitrogens is 2. The second-order valence-corrected chi connectivity index (χ2v) is 6.32. The normalized spacial score (nSPS) is 15.0. The quantitative estimate of drug-likeness (QED) is 0.853. The third-order valence-electron chi connectivity index (χ3n) is 4.26. The summed E-state index contributed by atoms with van der Waals surface area (Å²) in [6.07, 6.45) is 0.780. The molecule has 1 aromatic carbocycles. The van der Waals surface area contributed by atoms with Crippen LogP contribution in [0.3, 0.4) is 0 Å². The summed E-state index contributed by atoms with van der Waals surface area (Å²) in [5.41, 5.74) is 1.93. The topological polar surface area (TPSA) is 76.5 Å². The number of anilines is 1. The first kappa shape index (κ1) is 18.3. The Bertz CT molecular complexity index is 795. The van der Waals surface area contributed by atoms with Crippen LogP contribution in [0.2, 0.25) is 0 Å². The molecule has 2 heterocycles. The fourth-order valence-corrected chi connectivity index (χ4v) is 2.85. The molecule has 0 atom stereocenters. The Morgan fingerprint density at radius 3 is 2.58 bits per heavy atom. The number of ether oxygens (including phenoxy) is 1. The molecule has 1 aromatic heterocycles. The number of rotatable bonds is 6. The molecule has 3 rings (SSSR count). The van der Waals surface area contributed by atoms with E-state index in [9.17, 15) is 9.59 Å². The molecular formula is C19H24N4O3. The fourth-order valence-electron chi connectivity index (χ4n) is 2.85. The van der Waals surface area contributed by atoms with Gasteiger partial charge in [0.15, 0.2) is 0 Å². The first-order chi connectivity index (χ1) is 12.7. The van der Waals surface area contributed by atoms with Gasteiger partial charge in [0.05, 0.1) is 13.2 Å². The Morgan fingerprint density at radius 2 is 1.88 bits per heavy atom. The molecule has 1 N–H and O–H groups in total. The van der Waals surface area contributed by atoms with Crippen molar-refractivity contribution >= 4 is 11.6 Å². The van der Waals surface area contributed by atoms with E-state index >= 15 is 0 Å². The molecule has 2 aromatic rings. The van der Waals surface area contributed by atoms with Gasteiger partial charge in [-0.25, -0.2) is 4.68 Å². The SMILES string of the molecule is CCCn1nc(C(=O)Nc2ccc(CN3CCOCC3)cc2)ccc1=O. The summed E-state index contributed by atoms with van der Waals surface area (Å²) in [6, 6.07) is 10.6. The molecule has 0 spiro atoms. The van der Waals surface area contributed by atoms with Gasteiger partial charge in [0.1, 0.15) is 5.69 Å². The number of aryl methyl sites for hydroxylation is 1. The number of nitrogens with zero attached hydrogens (tertiary/aromatic N) is 3. The van der Waals surface area contributed by atoms with E-state index in [0.29, 0.717) is 12.2 Å². The summed E-state index contributed by atoms with van der Waals surface area (Å²) in [6.45, 7) is 6.77. The highest BCUT2D eigenvalue weighted by Gasteiger charge is 2.12. The van der Waals surface area contributed by atoms with Gasteiger partial charge in [-0.3, -0.25) is 14.5 Å². The number of morpholine rings is 1. The highest BCUT2D eigenvalue weighted by atomic mass is 16.5. The molecule has 1 fully saturated rings. The van der Waals surface area contributed by atoms with E-state index < -0.39 is 0 Å². The maximum Gasteiger partial charge on any atom is 0.276 e. The van der Waals surface area contributed by atoms with Crippen LogP contribution in [0.25, 0.3) is 0 Å². The zero-order valence-electron chi connectivity index (χ0n) is 15.0. The van der Waals surface area contributed by atoms with Crippen molar-refractivity contribution in [2.24, 2.45) is 0 Å². The molecule has 138 valence electrons. The number of carbonyl (C=O) groups is 1. The lowest BCUT2D eigenvalue weighted by Gasteiger charge is -2.26. The minimum absolute atomic E-state index is 0.198. The number of amides is 1. The Morgan fingerprint density at radius 1 is 1.15 bits per heavy atom. The van der Waals surface area contributed by atoms with Crippen molar-refractivity contribution in [3.8, 4) is 0 Å². The van der Waals surface area contributed by atoms with Crippen LogP contribution < -0.4 is 10.9 Å².